The van der Waals surface area contributed by atoms with Gasteiger partial charge >= 0.3 is 11.9 Å². The van der Waals surface area contributed by atoms with Crippen LogP contribution in [0, 0.1) is 17.3 Å². The minimum atomic E-state index is -1.76. The predicted molar refractivity (Wildman–Crippen MR) is 85.1 cm³/mol. The number of benzene rings is 1. The van der Waals surface area contributed by atoms with E-state index in [1.54, 1.807) is 0 Å². The molecule has 6 nitrogen and oxygen atoms in total. The molecule has 0 radical (unpaired) electrons. The molecule has 24 heavy (non-hydrogen) atoms. The van der Waals surface area contributed by atoms with Gasteiger partial charge in [-0.2, -0.15) is 0 Å². The lowest BCUT2D eigenvalue weighted by Crippen LogP contribution is -2.32. The van der Waals surface area contributed by atoms with Crippen molar-refractivity contribution >= 4 is 17.7 Å². The molecule has 0 bridgehead atoms. The number of Topliss-reactive ketones (excluding diaryl/α,β-unsaturated/α-hetero) is 1. The summed E-state index contributed by atoms with van der Waals surface area (Å²) in [6.45, 7) is 5.77. The highest BCUT2D eigenvalue weighted by molar-refractivity contribution is 6.13. The number of carboxylic acids is 1. The summed E-state index contributed by atoms with van der Waals surface area (Å²) in [5, 5.41) is 8.96. The average Bonchev–Trinajstić information content (AvgIpc) is 2.99. The van der Waals surface area contributed by atoms with Crippen LogP contribution in [-0.2, 0) is 30.5 Å². The molecule has 1 aromatic carbocycles. The van der Waals surface area contributed by atoms with Crippen LogP contribution in [0.15, 0.2) is 30.3 Å². The molecule has 0 spiro atoms. The Labute approximate surface area is 140 Å². The number of aliphatic carboxylic acids is 1. The fourth-order valence-corrected chi connectivity index (χ4v) is 2.74. The maximum absolute atomic E-state index is 11.9. The Kier molecular flexibility index (Phi) is 5.39. The molecule has 0 aliphatic heterocycles. The summed E-state index contributed by atoms with van der Waals surface area (Å²) in [7, 11) is 0. The minimum Gasteiger partial charge on any atom is -0.480 e. The van der Waals surface area contributed by atoms with Gasteiger partial charge in [-0.15, -0.1) is 0 Å². The van der Waals surface area contributed by atoms with Gasteiger partial charge in [0.25, 0.3) is 0 Å². The van der Waals surface area contributed by atoms with Crippen LogP contribution in [0.5, 0.6) is 0 Å². The van der Waals surface area contributed by atoms with Gasteiger partial charge in [0.15, 0.2) is 5.78 Å². The standard InChI is InChI=1S/C18H22O6/c1-11(19)14(16(20)21)17(22)24-15-13(18(15,2)3)10-23-9-12-7-5-4-6-8-12/h4-8,13-15H,9-10H2,1-3H3,(H,20,21). The summed E-state index contributed by atoms with van der Waals surface area (Å²) in [4.78, 5) is 34.2. The van der Waals surface area contributed by atoms with E-state index in [2.05, 4.69) is 0 Å². The first-order chi connectivity index (χ1) is 11.2. The van der Waals surface area contributed by atoms with Gasteiger partial charge in [-0.3, -0.25) is 14.4 Å². The summed E-state index contributed by atoms with van der Waals surface area (Å²) in [5.41, 5.74) is 0.749. The third-order valence-corrected chi connectivity index (χ3v) is 4.49. The van der Waals surface area contributed by atoms with Crippen LogP contribution in [0.1, 0.15) is 26.3 Å². The lowest BCUT2D eigenvalue weighted by atomic mass is 10.1. The highest BCUT2D eigenvalue weighted by Crippen LogP contribution is 2.54. The van der Waals surface area contributed by atoms with Crippen molar-refractivity contribution < 1.29 is 29.0 Å². The van der Waals surface area contributed by atoms with Crippen LogP contribution >= 0.6 is 0 Å². The Morgan fingerprint density at radius 3 is 2.38 bits per heavy atom. The van der Waals surface area contributed by atoms with Gasteiger partial charge in [0.2, 0.25) is 5.92 Å². The highest BCUT2D eigenvalue weighted by atomic mass is 16.6. The Morgan fingerprint density at radius 1 is 1.21 bits per heavy atom. The van der Waals surface area contributed by atoms with Gasteiger partial charge in [0.05, 0.1) is 13.2 Å². The van der Waals surface area contributed by atoms with Crippen LogP contribution in [0.3, 0.4) is 0 Å². The first-order valence-electron chi connectivity index (χ1n) is 7.80. The molecule has 0 heterocycles. The smallest absolute Gasteiger partial charge is 0.328 e. The molecule has 0 aromatic heterocycles. The van der Waals surface area contributed by atoms with Crippen molar-refractivity contribution in [2.24, 2.45) is 17.3 Å². The fourth-order valence-electron chi connectivity index (χ4n) is 2.74. The van der Waals surface area contributed by atoms with Crippen molar-refractivity contribution in [2.45, 2.75) is 33.5 Å². The van der Waals surface area contributed by atoms with E-state index < -0.39 is 29.7 Å². The van der Waals surface area contributed by atoms with Gasteiger partial charge in [0.1, 0.15) is 6.10 Å². The first-order valence-corrected chi connectivity index (χ1v) is 7.80. The molecule has 1 saturated carbocycles. The Bertz CT molecular complexity index is 608. The van der Waals surface area contributed by atoms with E-state index in [0.717, 1.165) is 12.5 Å². The fraction of sp³-hybridized carbons (Fsp3) is 0.500. The molecule has 6 heteroatoms. The molecule has 0 saturated heterocycles. The van der Waals surface area contributed by atoms with Crippen molar-refractivity contribution in [2.75, 3.05) is 6.61 Å². The van der Waals surface area contributed by atoms with Crippen LogP contribution in [-0.4, -0.2) is 35.5 Å². The monoisotopic (exact) mass is 334 g/mol. The highest BCUT2D eigenvalue weighted by Gasteiger charge is 2.61. The summed E-state index contributed by atoms with van der Waals surface area (Å²) in [6.07, 6.45) is -0.443. The van der Waals surface area contributed by atoms with E-state index in [1.807, 2.05) is 44.2 Å². The van der Waals surface area contributed by atoms with Crippen LogP contribution < -0.4 is 0 Å². The normalized spacial score (nSPS) is 22.5. The predicted octanol–water partition coefficient (Wildman–Crippen LogP) is 2.06. The molecular formula is C18H22O6. The number of hydrogen-bond donors (Lipinski definition) is 1. The van der Waals surface area contributed by atoms with Crippen molar-refractivity contribution in [1.82, 2.24) is 0 Å². The van der Waals surface area contributed by atoms with E-state index in [0.29, 0.717) is 13.2 Å². The number of hydrogen-bond acceptors (Lipinski definition) is 5. The van der Waals surface area contributed by atoms with E-state index in [9.17, 15) is 14.4 Å². The zero-order chi connectivity index (χ0) is 17.9. The third kappa shape index (κ3) is 4.00. The summed E-state index contributed by atoms with van der Waals surface area (Å²) in [6, 6.07) is 9.70. The number of ketones is 1. The molecule has 3 unspecified atom stereocenters. The second-order valence-electron chi connectivity index (χ2n) is 6.67. The molecule has 2 rings (SSSR count). The van der Waals surface area contributed by atoms with Crippen molar-refractivity contribution in [1.29, 1.82) is 0 Å². The second kappa shape index (κ2) is 7.13. The van der Waals surface area contributed by atoms with E-state index in [4.69, 9.17) is 14.6 Å². The molecule has 3 atom stereocenters. The maximum Gasteiger partial charge on any atom is 0.328 e. The Hall–Kier alpha value is -2.21. The zero-order valence-electron chi connectivity index (χ0n) is 14.0. The maximum atomic E-state index is 11.9. The molecule has 1 aromatic rings. The molecule has 1 fully saturated rings. The molecule has 1 aliphatic rings. The van der Waals surface area contributed by atoms with Gasteiger partial charge in [-0.1, -0.05) is 44.2 Å². The Balaban J connectivity index is 1.86. The number of esters is 1. The lowest BCUT2D eigenvalue weighted by molar-refractivity contribution is -0.162. The first kappa shape index (κ1) is 18.1. The summed E-state index contributed by atoms with van der Waals surface area (Å²) >= 11 is 0. The number of ether oxygens (including phenoxy) is 2. The minimum absolute atomic E-state index is 0.0217. The largest absolute Gasteiger partial charge is 0.480 e. The lowest BCUT2D eigenvalue weighted by Gasteiger charge is -2.10. The molecule has 0 amide bonds. The third-order valence-electron chi connectivity index (χ3n) is 4.49. The van der Waals surface area contributed by atoms with Crippen LogP contribution in [0.2, 0.25) is 0 Å². The van der Waals surface area contributed by atoms with Gasteiger partial charge < -0.3 is 14.6 Å². The van der Waals surface area contributed by atoms with Crippen molar-refractivity contribution in [3.63, 3.8) is 0 Å². The van der Waals surface area contributed by atoms with E-state index >= 15 is 0 Å². The molecule has 130 valence electrons. The average molecular weight is 334 g/mol. The summed E-state index contributed by atoms with van der Waals surface area (Å²) < 4.78 is 10.9. The number of carbonyl (C=O) groups is 3. The van der Waals surface area contributed by atoms with Gasteiger partial charge in [0, 0.05) is 11.3 Å². The molecule has 1 N–H and O–H groups in total. The van der Waals surface area contributed by atoms with Crippen molar-refractivity contribution in [3.05, 3.63) is 35.9 Å². The molecule has 1 aliphatic carbocycles. The molecular weight excluding hydrogens is 312 g/mol. The topological polar surface area (TPSA) is 89.9 Å². The van der Waals surface area contributed by atoms with Crippen molar-refractivity contribution in [3.8, 4) is 0 Å². The SMILES string of the molecule is CC(=O)C(C(=O)O)C(=O)OC1C(COCc2ccccc2)C1(C)C. The van der Waals surface area contributed by atoms with Crippen LogP contribution in [0.4, 0.5) is 0 Å². The van der Waals surface area contributed by atoms with Gasteiger partial charge in [-0.25, -0.2) is 0 Å². The van der Waals surface area contributed by atoms with Crippen LogP contribution in [0.25, 0.3) is 0 Å². The van der Waals surface area contributed by atoms with Gasteiger partial charge in [-0.05, 0) is 12.5 Å². The summed E-state index contributed by atoms with van der Waals surface area (Å²) in [5.74, 6) is -5.00. The zero-order valence-corrected chi connectivity index (χ0v) is 14.0. The Morgan fingerprint density at radius 2 is 1.83 bits per heavy atom. The number of carbonyl (C=O) groups excluding carboxylic acids is 2. The second-order valence-corrected chi connectivity index (χ2v) is 6.67. The quantitative estimate of drug-likeness (QED) is 0.578. The van der Waals surface area contributed by atoms with E-state index in [1.165, 1.54) is 0 Å². The number of carboxylic acid groups (broad SMARTS) is 1. The van der Waals surface area contributed by atoms with E-state index in [-0.39, 0.29) is 11.3 Å². The number of rotatable bonds is 8.